The van der Waals surface area contributed by atoms with Gasteiger partial charge in [-0.2, -0.15) is 0 Å². The molecule has 0 saturated heterocycles. The molecule has 0 radical (unpaired) electrons. The minimum absolute atomic E-state index is 0.0950. The van der Waals surface area contributed by atoms with E-state index in [1.807, 2.05) is 30.3 Å². The van der Waals surface area contributed by atoms with Crippen molar-refractivity contribution in [2.75, 3.05) is 7.11 Å². The van der Waals surface area contributed by atoms with E-state index in [1.54, 1.807) is 40.7 Å². The Bertz CT molecular complexity index is 1670. The predicted octanol–water partition coefficient (Wildman–Crippen LogP) is 5.27. The standard InChI is InChI=1S/C33H37N3O6/c1-18(2)28(31(39)41-7)36-30(38)25(35-29(37)19(3)34-32(40)42-33(4,5)6)17-23-14-13-22-12-11-20-9-8-10-21-15-16-24(23)27(22)26(20)21/h8-19,28H,1-7H3,(H,34,40)(H,35,37)(H,36,38)/b25-17-/t19-,28-/m0/s1. The van der Waals surface area contributed by atoms with Gasteiger partial charge in [0.15, 0.2) is 0 Å². The van der Waals surface area contributed by atoms with E-state index in [0.29, 0.717) is 5.56 Å². The third-order valence-corrected chi connectivity index (χ3v) is 6.90. The Morgan fingerprint density at radius 1 is 0.810 bits per heavy atom. The molecule has 0 heterocycles. The Morgan fingerprint density at radius 2 is 1.40 bits per heavy atom. The Morgan fingerprint density at radius 3 is 2.00 bits per heavy atom. The van der Waals surface area contributed by atoms with Gasteiger partial charge in [-0.3, -0.25) is 9.59 Å². The van der Waals surface area contributed by atoms with Crippen molar-refractivity contribution in [2.45, 2.75) is 59.2 Å². The van der Waals surface area contributed by atoms with E-state index in [0.717, 1.165) is 32.3 Å². The minimum atomic E-state index is -1.03. The number of ether oxygens (including phenoxy) is 2. The fourth-order valence-corrected chi connectivity index (χ4v) is 4.83. The van der Waals surface area contributed by atoms with Crippen LogP contribution in [0.4, 0.5) is 4.79 Å². The van der Waals surface area contributed by atoms with Crippen LogP contribution in [-0.2, 0) is 23.9 Å². The van der Waals surface area contributed by atoms with Crippen LogP contribution in [0.3, 0.4) is 0 Å². The maximum Gasteiger partial charge on any atom is 0.408 e. The van der Waals surface area contributed by atoms with Crippen molar-refractivity contribution in [1.82, 2.24) is 16.0 Å². The van der Waals surface area contributed by atoms with E-state index >= 15 is 0 Å². The molecule has 9 nitrogen and oxygen atoms in total. The topological polar surface area (TPSA) is 123 Å². The largest absolute Gasteiger partial charge is 0.467 e. The van der Waals surface area contributed by atoms with Crippen molar-refractivity contribution in [1.29, 1.82) is 0 Å². The molecule has 4 aromatic carbocycles. The van der Waals surface area contributed by atoms with Gasteiger partial charge in [-0.25, -0.2) is 9.59 Å². The fourth-order valence-electron chi connectivity index (χ4n) is 4.83. The second-order valence-electron chi connectivity index (χ2n) is 11.6. The van der Waals surface area contributed by atoms with Crippen molar-refractivity contribution in [3.05, 3.63) is 65.9 Å². The number of carbonyl (C=O) groups excluding carboxylic acids is 4. The summed E-state index contributed by atoms with van der Waals surface area (Å²) < 4.78 is 10.1. The zero-order valence-corrected chi connectivity index (χ0v) is 25.0. The van der Waals surface area contributed by atoms with Crippen LogP contribution in [0.1, 0.15) is 47.1 Å². The van der Waals surface area contributed by atoms with Crippen LogP contribution in [0.5, 0.6) is 0 Å². The van der Waals surface area contributed by atoms with Crippen LogP contribution in [0.25, 0.3) is 38.4 Å². The monoisotopic (exact) mass is 571 g/mol. The van der Waals surface area contributed by atoms with Crippen LogP contribution < -0.4 is 16.0 Å². The quantitative estimate of drug-likeness (QED) is 0.151. The van der Waals surface area contributed by atoms with E-state index in [2.05, 4.69) is 40.2 Å². The summed E-state index contributed by atoms with van der Waals surface area (Å²) in [6, 6.07) is 16.2. The highest BCUT2D eigenvalue weighted by atomic mass is 16.6. The number of esters is 1. The molecular formula is C33H37N3O6. The normalized spacial score (nSPS) is 13.7. The molecule has 0 spiro atoms. The summed E-state index contributed by atoms with van der Waals surface area (Å²) in [4.78, 5) is 51.5. The van der Waals surface area contributed by atoms with E-state index in [9.17, 15) is 19.2 Å². The van der Waals surface area contributed by atoms with Crippen molar-refractivity contribution in [2.24, 2.45) is 5.92 Å². The average molecular weight is 572 g/mol. The molecule has 0 aliphatic carbocycles. The summed E-state index contributed by atoms with van der Waals surface area (Å²) in [5.41, 5.74) is -0.152. The average Bonchev–Trinajstić information content (AvgIpc) is 2.93. The second-order valence-corrected chi connectivity index (χ2v) is 11.6. The summed E-state index contributed by atoms with van der Waals surface area (Å²) in [6.07, 6.45) is 0.811. The molecule has 2 atom stereocenters. The van der Waals surface area contributed by atoms with Gasteiger partial charge in [0.25, 0.3) is 5.91 Å². The van der Waals surface area contributed by atoms with E-state index in [-0.39, 0.29) is 11.6 Å². The van der Waals surface area contributed by atoms with Crippen molar-refractivity contribution in [3.8, 4) is 0 Å². The van der Waals surface area contributed by atoms with Crippen LogP contribution in [0.2, 0.25) is 0 Å². The molecule has 0 unspecified atom stereocenters. The summed E-state index contributed by atoms with van der Waals surface area (Å²) in [5.74, 6) is -2.20. The molecular weight excluding hydrogens is 534 g/mol. The van der Waals surface area contributed by atoms with Crippen LogP contribution in [0, 0.1) is 5.92 Å². The van der Waals surface area contributed by atoms with Crippen LogP contribution >= 0.6 is 0 Å². The van der Waals surface area contributed by atoms with Gasteiger partial charge < -0.3 is 25.4 Å². The Balaban J connectivity index is 1.75. The van der Waals surface area contributed by atoms with Gasteiger partial charge in [0.1, 0.15) is 23.4 Å². The molecule has 220 valence electrons. The lowest BCUT2D eigenvalue weighted by atomic mass is 9.91. The molecule has 3 N–H and O–H groups in total. The maximum atomic E-state index is 13.6. The molecule has 3 amide bonds. The molecule has 0 aliphatic heterocycles. The number of rotatable bonds is 8. The van der Waals surface area contributed by atoms with Gasteiger partial charge >= 0.3 is 12.1 Å². The highest BCUT2D eigenvalue weighted by Crippen LogP contribution is 2.36. The van der Waals surface area contributed by atoms with Gasteiger partial charge in [0, 0.05) is 0 Å². The van der Waals surface area contributed by atoms with Crippen molar-refractivity contribution < 1.29 is 28.7 Å². The lowest BCUT2D eigenvalue weighted by Crippen LogP contribution is -2.50. The van der Waals surface area contributed by atoms with Crippen LogP contribution in [-0.4, -0.2) is 48.7 Å². The first-order chi connectivity index (χ1) is 19.8. The SMILES string of the molecule is COC(=O)[C@@H](NC(=O)/C(=C/c1ccc2ccc3cccc4ccc1c2c34)NC(=O)[C@H](C)NC(=O)OC(C)(C)C)C(C)C. The molecule has 0 aliphatic rings. The van der Waals surface area contributed by atoms with E-state index < -0.39 is 41.6 Å². The van der Waals surface area contributed by atoms with E-state index in [4.69, 9.17) is 9.47 Å². The van der Waals surface area contributed by atoms with Crippen molar-refractivity contribution in [3.63, 3.8) is 0 Å². The molecule has 0 aromatic heterocycles. The number of methoxy groups -OCH3 is 1. The van der Waals surface area contributed by atoms with Gasteiger partial charge in [-0.05, 0) is 77.6 Å². The molecule has 0 fully saturated rings. The first-order valence-corrected chi connectivity index (χ1v) is 13.9. The predicted molar refractivity (Wildman–Crippen MR) is 164 cm³/mol. The smallest absolute Gasteiger partial charge is 0.408 e. The Hall–Kier alpha value is -4.66. The number of carbonyl (C=O) groups is 4. The Labute approximate surface area is 244 Å². The minimum Gasteiger partial charge on any atom is -0.467 e. The van der Waals surface area contributed by atoms with Gasteiger partial charge in [-0.15, -0.1) is 0 Å². The summed E-state index contributed by atoms with van der Waals surface area (Å²) in [6.45, 7) is 10.2. The molecule has 0 saturated carbocycles. The summed E-state index contributed by atoms with van der Waals surface area (Å²) in [7, 11) is 1.25. The molecule has 4 rings (SSSR count). The molecule has 0 bridgehead atoms. The number of hydrogen-bond acceptors (Lipinski definition) is 6. The molecule has 42 heavy (non-hydrogen) atoms. The fraction of sp³-hybridized carbons (Fsp3) is 0.333. The summed E-state index contributed by atoms with van der Waals surface area (Å²) >= 11 is 0. The van der Waals surface area contributed by atoms with Crippen molar-refractivity contribution >= 4 is 62.3 Å². The lowest BCUT2D eigenvalue weighted by molar-refractivity contribution is -0.146. The molecule has 9 heteroatoms. The number of nitrogens with one attached hydrogen (secondary N) is 3. The van der Waals surface area contributed by atoms with Gasteiger partial charge in [0.2, 0.25) is 5.91 Å². The zero-order valence-electron chi connectivity index (χ0n) is 25.0. The Kier molecular flexibility index (Phi) is 8.70. The number of alkyl carbamates (subject to hydrolysis) is 1. The molecule has 4 aromatic rings. The number of amides is 3. The lowest BCUT2D eigenvalue weighted by Gasteiger charge is -2.23. The second kappa shape index (κ2) is 12.1. The highest BCUT2D eigenvalue weighted by molar-refractivity contribution is 6.24. The first kappa shape index (κ1) is 30.3. The number of benzene rings is 4. The van der Waals surface area contributed by atoms with Gasteiger partial charge in [-0.1, -0.05) is 68.4 Å². The zero-order chi connectivity index (χ0) is 30.8. The third kappa shape index (κ3) is 6.62. The van der Waals surface area contributed by atoms with Gasteiger partial charge in [0.05, 0.1) is 7.11 Å². The first-order valence-electron chi connectivity index (χ1n) is 13.9. The summed E-state index contributed by atoms with van der Waals surface area (Å²) in [5, 5.41) is 14.1. The maximum absolute atomic E-state index is 13.6. The highest BCUT2D eigenvalue weighted by Gasteiger charge is 2.28. The van der Waals surface area contributed by atoms with E-state index in [1.165, 1.54) is 14.0 Å². The third-order valence-electron chi connectivity index (χ3n) is 6.90. The van der Waals surface area contributed by atoms with Crippen LogP contribution in [0.15, 0.2) is 60.3 Å². The number of hydrogen-bond donors (Lipinski definition) is 3.